The van der Waals surface area contributed by atoms with Crippen molar-refractivity contribution in [2.45, 2.75) is 43.5 Å². The first kappa shape index (κ1) is 19.6. The molecule has 0 aromatic heterocycles. The Labute approximate surface area is 161 Å². The molecule has 2 N–H and O–H groups in total. The van der Waals surface area contributed by atoms with Crippen LogP contribution in [0.3, 0.4) is 0 Å². The summed E-state index contributed by atoms with van der Waals surface area (Å²) in [5, 5.41) is 6.03. The summed E-state index contributed by atoms with van der Waals surface area (Å²) in [4.78, 5) is 12.4. The molecule has 144 valence electrons. The zero-order valence-corrected chi connectivity index (χ0v) is 16.6. The van der Waals surface area contributed by atoms with E-state index < -0.39 is 9.84 Å². The van der Waals surface area contributed by atoms with Crippen molar-refractivity contribution in [3.05, 3.63) is 59.2 Å². The number of fused-ring (bicyclic) bond motifs is 1. The monoisotopic (exact) mass is 386 g/mol. The summed E-state index contributed by atoms with van der Waals surface area (Å²) >= 11 is 0. The van der Waals surface area contributed by atoms with E-state index in [4.69, 9.17) is 0 Å². The van der Waals surface area contributed by atoms with Crippen LogP contribution in [-0.2, 0) is 27.5 Å². The Balaban J connectivity index is 1.54. The highest BCUT2D eigenvalue weighted by atomic mass is 32.2. The lowest BCUT2D eigenvalue weighted by molar-refractivity contribution is -0.115. The number of nitrogens with one attached hydrogen (secondary N) is 2. The van der Waals surface area contributed by atoms with E-state index in [1.807, 2.05) is 0 Å². The van der Waals surface area contributed by atoms with Crippen molar-refractivity contribution < 1.29 is 13.2 Å². The lowest BCUT2D eigenvalue weighted by Crippen LogP contribution is -2.30. The van der Waals surface area contributed by atoms with E-state index in [0.29, 0.717) is 5.69 Å². The van der Waals surface area contributed by atoms with Crippen molar-refractivity contribution in [2.75, 3.05) is 18.1 Å². The van der Waals surface area contributed by atoms with Gasteiger partial charge in [0.05, 0.1) is 11.4 Å². The van der Waals surface area contributed by atoms with Crippen molar-refractivity contribution in [1.82, 2.24) is 5.32 Å². The Morgan fingerprint density at radius 3 is 2.37 bits per heavy atom. The fraction of sp³-hybridized carbons (Fsp3) is 0.381. The molecule has 0 fully saturated rings. The number of carbonyl (C=O) groups excluding carboxylic acids is 1. The van der Waals surface area contributed by atoms with Gasteiger partial charge in [-0.25, -0.2) is 8.42 Å². The van der Waals surface area contributed by atoms with Crippen molar-refractivity contribution in [3.8, 4) is 0 Å². The summed E-state index contributed by atoms with van der Waals surface area (Å²) in [5.41, 5.74) is 4.66. The third-order valence-electron chi connectivity index (χ3n) is 5.01. The summed E-state index contributed by atoms with van der Waals surface area (Å²) in [6.07, 6.45) is 5.98. The standard InChI is InChI=1S/C21H26N2O3S/c1-15(17-8-7-16-5-3-4-6-18(16)13-17)22-14-21(24)23-19-9-11-20(12-10-19)27(2,25)26/h7-13,15,22H,3-6,14H2,1-2H3,(H,23,24). The Hall–Kier alpha value is -2.18. The van der Waals surface area contributed by atoms with Gasteiger partial charge < -0.3 is 10.6 Å². The third kappa shape index (κ3) is 5.17. The molecule has 1 unspecified atom stereocenters. The Bertz CT molecular complexity index is 921. The molecule has 5 nitrogen and oxygen atoms in total. The van der Waals surface area contributed by atoms with Crippen LogP contribution in [0.5, 0.6) is 0 Å². The molecule has 1 atom stereocenters. The predicted octanol–water partition coefficient (Wildman–Crippen LogP) is 3.26. The van der Waals surface area contributed by atoms with Gasteiger partial charge in [-0.1, -0.05) is 18.2 Å². The molecule has 1 aliphatic carbocycles. The minimum absolute atomic E-state index is 0.0792. The molecule has 0 radical (unpaired) electrons. The number of anilines is 1. The van der Waals surface area contributed by atoms with Crippen LogP contribution in [0, 0.1) is 0 Å². The molecule has 0 bridgehead atoms. The van der Waals surface area contributed by atoms with E-state index >= 15 is 0 Å². The highest BCUT2D eigenvalue weighted by Gasteiger charge is 2.13. The van der Waals surface area contributed by atoms with E-state index in [1.54, 1.807) is 12.1 Å². The molecule has 2 aromatic rings. The van der Waals surface area contributed by atoms with E-state index in [-0.39, 0.29) is 23.4 Å². The van der Waals surface area contributed by atoms with Crippen molar-refractivity contribution >= 4 is 21.4 Å². The number of benzene rings is 2. The molecule has 0 heterocycles. The first-order valence-electron chi connectivity index (χ1n) is 9.28. The molecule has 2 aromatic carbocycles. The van der Waals surface area contributed by atoms with E-state index in [1.165, 1.54) is 41.7 Å². The zero-order chi connectivity index (χ0) is 19.4. The van der Waals surface area contributed by atoms with Gasteiger partial charge in [-0.2, -0.15) is 0 Å². The molecular weight excluding hydrogens is 360 g/mol. The van der Waals surface area contributed by atoms with Crippen LogP contribution < -0.4 is 10.6 Å². The number of hydrogen-bond acceptors (Lipinski definition) is 4. The lowest BCUT2D eigenvalue weighted by atomic mass is 9.89. The van der Waals surface area contributed by atoms with Gasteiger partial charge in [0.15, 0.2) is 9.84 Å². The maximum Gasteiger partial charge on any atom is 0.238 e. The van der Waals surface area contributed by atoms with Gasteiger partial charge in [-0.3, -0.25) is 4.79 Å². The quantitative estimate of drug-likeness (QED) is 0.799. The van der Waals surface area contributed by atoms with Gasteiger partial charge in [-0.05, 0) is 73.6 Å². The smallest absolute Gasteiger partial charge is 0.238 e. The molecule has 0 saturated carbocycles. The second-order valence-corrected chi connectivity index (χ2v) is 9.20. The van der Waals surface area contributed by atoms with Crippen molar-refractivity contribution in [2.24, 2.45) is 0 Å². The summed E-state index contributed by atoms with van der Waals surface area (Å²) in [7, 11) is -3.23. The van der Waals surface area contributed by atoms with Crippen molar-refractivity contribution in [1.29, 1.82) is 0 Å². The number of amides is 1. The van der Waals surface area contributed by atoms with Crippen LogP contribution in [0.15, 0.2) is 47.4 Å². The molecule has 0 spiro atoms. The van der Waals surface area contributed by atoms with Crippen LogP contribution >= 0.6 is 0 Å². The summed E-state index contributed by atoms with van der Waals surface area (Å²) < 4.78 is 22.9. The minimum atomic E-state index is -3.23. The van der Waals surface area contributed by atoms with Gasteiger partial charge in [0.2, 0.25) is 5.91 Å². The van der Waals surface area contributed by atoms with Gasteiger partial charge in [0.1, 0.15) is 0 Å². The van der Waals surface area contributed by atoms with Crippen LogP contribution in [0.1, 0.15) is 42.5 Å². The van der Waals surface area contributed by atoms with E-state index in [9.17, 15) is 13.2 Å². The second kappa shape index (κ2) is 8.23. The molecule has 0 saturated heterocycles. The predicted molar refractivity (Wildman–Crippen MR) is 108 cm³/mol. The largest absolute Gasteiger partial charge is 0.325 e. The number of sulfone groups is 1. The first-order valence-corrected chi connectivity index (χ1v) is 11.2. The fourth-order valence-corrected chi connectivity index (χ4v) is 4.01. The fourth-order valence-electron chi connectivity index (χ4n) is 3.38. The molecule has 6 heteroatoms. The average molecular weight is 387 g/mol. The zero-order valence-electron chi connectivity index (χ0n) is 15.8. The Kier molecular flexibility index (Phi) is 5.97. The first-order chi connectivity index (χ1) is 12.8. The molecule has 0 aliphatic heterocycles. The van der Waals surface area contributed by atoms with Crippen LogP contribution in [0.2, 0.25) is 0 Å². The lowest BCUT2D eigenvalue weighted by Gasteiger charge is -2.20. The molecule has 3 rings (SSSR count). The molecular formula is C21H26N2O3S. The van der Waals surface area contributed by atoms with Gasteiger partial charge in [0, 0.05) is 18.0 Å². The number of rotatable bonds is 6. The normalized spacial score (nSPS) is 15.0. The van der Waals surface area contributed by atoms with Crippen LogP contribution in [0.4, 0.5) is 5.69 Å². The van der Waals surface area contributed by atoms with Crippen LogP contribution in [-0.4, -0.2) is 27.1 Å². The summed E-state index contributed by atoms with van der Waals surface area (Å²) in [5.74, 6) is -0.160. The Morgan fingerprint density at radius 2 is 1.70 bits per heavy atom. The topological polar surface area (TPSA) is 75.3 Å². The number of aryl methyl sites for hydroxylation is 2. The third-order valence-corrected chi connectivity index (χ3v) is 6.14. The van der Waals surface area contributed by atoms with E-state index in [2.05, 4.69) is 35.8 Å². The number of carbonyl (C=O) groups is 1. The highest BCUT2D eigenvalue weighted by Crippen LogP contribution is 2.24. The SMILES string of the molecule is CC(NCC(=O)Nc1ccc(S(C)(=O)=O)cc1)c1ccc2c(c1)CCCC2. The number of hydrogen-bond donors (Lipinski definition) is 2. The Morgan fingerprint density at radius 1 is 1.04 bits per heavy atom. The van der Waals surface area contributed by atoms with Gasteiger partial charge >= 0.3 is 0 Å². The maximum atomic E-state index is 12.2. The van der Waals surface area contributed by atoms with Crippen molar-refractivity contribution in [3.63, 3.8) is 0 Å². The van der Waals surface area contributed by atoms with Gasteiger partial charge in [-0.15, -0.1) is 0 Å². The minimum Gasteiger partial charge on any atom is -0.325 e. The van der Waals surface area contributed by atoms with Gasteiger partial charge in [0.25, 0.3) is 0 Å². The van der Waals surface area contributed by atoms with E-state index in [0.717, 1.165) is 19.1 Å². The summed E-state index contributed by atoms with van der Waals surface area (Å²) in [6, 6.07) is 12.9. The molecule has 1 aliphatic rings. The second-order valence-electron chi connectivity index (χ2n) is 7.18. The molecule has 27 heavy (non-hydrogen) atoms. The average Bonchev–Trinajstić information content (AvgIpc) is 2.65. The summed E-state index contributed by atoms with van der Waals surface area (Å²) in [6.45, 7) is 2.24. The highest BCUT2D eigenvalue weighted by molar-refractivity contribution is 7.90. The maximum absolute atomic E-state index is 12.2. The molecule has 1 amide bonds. The van der Waals surface area contributed by atoms with Crippen LogP contribution in [0.25, 0.3) is 0 Å².